The van der Waals surface area contributed by atoms with Crippen LogP contribution in [-0.2, 0) is 0 Å². The third-order valence-electron chi connectivity index (χ3n) is 2.21. The molecule has 1 heterocycles. The Morgan fingerprint density at radius 1 is 1.00 bits per heavy atom. The van der Waals surface area contributed by atoms with Gasteiger partial charge in [0.25, 0.3) is 5.91 Å². The molecule has 0 spiro atoms. The van der Waals surface area contributed by atoms with Crippen molar-refractivity contribution in [3.63, 3.8) is 0 Å². The van der Waals surface area contributed by atoms with Gasteiger partial charge in [-0.15, -0.1) is 0 Å². The SMILES string of the molecule is O=C(Nc1ccc(Cl)cc1Cl)c1nc(Cl)ccc1Cl. The van der Waals surface area contributed by atoms with Crippen LogP contribution in [0.1, 0.15) is 10.5 Å². The van der Waals surface area contributed by atoms with Crippen LogP contribution in [0.4, 0.5) is 5.69 Å². The number of pyridine rings is 1. The van der Waals surface area contributed by atoms with Crippen molar-refractivity contribution in [2.24, 2.45) is 0 Å². The van der Waals surface area contributed by atoms with Gasteiger partial charge in [-0.2, -0.15) is 0 Å². The van der Waals surface area contributed by atoms with E-state index in [1.54, 1.807) is 12.1 Å². The number of anilines is 1. The van der Waals surface area contributed by atoms with Crippen LogP contribution in [0.2, 0.25) is 20.2 Å². The smallest absolute Gasteiger partial charge is 0.275 e. The zero-order valence-electron chi connectivity index (χ0n) is 9.25. The molecule has 2 aromatic rings. The molecule has 1 N–H and O–H groups in total. The van der Waals surface area contributed by atoms with Crippen molar-refractivity contribution in [1.29, 1.82) is 0 Å². The minimum atomic E-state index is -0.503. The highest BCUT2D eigenvalue weighted by molar-refractivity contribution is 6.37. The van der Waals surface area contributed by atoms with Crippen molar-refractivity contribution in [1.82, 2.24) is 4.98 Å². The van der Waals surface area contributed by atoms with Crippen LogP contribution < -0.4 is 5.32 Å². The quantitative estimate of drug-likeness (QED) is 0.789. The van der Waals surface area contributed by atoms with Crippen molar-refractivity contribution in [3.05, 3.63) is 56.2 Å². The minimum Gasteiger partial charge on any atom is -0.319 e. The Labute approximate surface area is 129 Å². The zero-order valence-corrected chi connectivity index (χ0v) is 12.3. The van der Waals surface area contributed by atoms with E-state index in [1.807, 2.05) is 0 Å². The summed E-state index contributed by atoms with van der Waals surface area (Å²) in [5.41, 5.74) is 0.439. The van der Waals surface area contributed by atoms with Gasteiger partial charge in [-0.25, -0.2) is 4.98 Å². The molecular formula is C12H6Cl4N2O. The van der Waals surface area contributed by atoms with Crippen LogP contribution in [-0.4, -0.2) is 10.9 Å². The number of nitrogens with zero attached hydrogens (tertiary/aromatic N) is 1. The monoisotopic (exact) mass is 334 g/mol. The maximum Gasteiger partial charge on any atom is 0.275 e. The van der Waals surface area contributed by atoms with E-state index in [9.17, 15) is 4.79 Å². The van der Waals surface area contributed by atoms with Crippen molar-refractivity contribution < 1.29 is 4.79 Å². The van der Waals surface area contributed by atoms with Crippen LogP contribution >= 0.6 is 46.4 Å². The van der Waals surface area contributed by atoms with Gasteiger partial charge in [0.1, 0.15) is 10.8 Å². The molecule has 0 radical (unpaired) electrons. The second kappa shape index (κ2) is 5.97. The molecule has 98 valence electrons. The first kappa shape index (κ1) is 14.4. The molecule has 0 fully saturated rings. The van der Waals surface area contributed by atoms with Crippen molar-refractivity contribution >= 4 is 58.0 Å². The van der Waals surface area contributed by atoms with Crippen LogP contribution in [0.15, 0.2) is 30.3 Å². The highest BCUT2D eigenvalue weighted by Crippen LogP contribution is 2.26. The summed E-state index contributed by atoms with van der Waals surface area (Å²) in [5.74, 6) is -0.503. The molecule has 3 nitrogen and oxygen atoms in total. The van der Waals surface area contributed by atoms with Crippen LogP contribution in [0, 0.1) is 0 Å². The lowest BCUT2D eigenvalue weighted by Crippen LogP contribution is -2.14. The second-order valence-electron chi connectivity index (χ2n) is 3.54. The molecule has 0 atom stereocenters. The van der Waals surface area contributed by atoms with Gasteiger partial charge < -0.3 is 5.32 Å². The summed E-state index contributed by atoms with van der Waals surface area (Å²) in [6.07, 6.45) is 0. The summed E-state index contributed by atoms with van der Waals surface area (Å²) in [4.78, 5) is 15.9. The molecule has 0 bridgehead atoms. The fourth-order valence-electron chi connectivity index (χ4n) is 1.35. The third kappa shape index (κ3) is 3.51. The highest BCUT2D eigenvalue weighted by atomic mass is 35.5. The molecule has 0 aliphatic rings. The first-order valence-corrected chi connectivity index (χ1v) is 6.57. The van der Waals surface area contributed by atoms with Gasteiger partial charge in [0.05, 0.1) is 15.7 Å². The van der Waals surface area contributed by atoms with E-state index in [0.29, 0.717) is 15.7 Å². The predicted octanol–water partition coefficient (Wildman–Crippen LogP) is 4.95. The lowest BCUT2D eigenvalue weighted by Gasteiger charge is -2.08. The Bertz CT molecular complexity index is 646. The molecule has 2 rings (SSSR count). The Kier molecular flexibility index (Phi) is 4.53. The number of amides is 1. The summed E-state index contributed by atoms with van der Waals surface area (Å²) in [6, 6.07) is 7.70. The van der Waals surface area contributed by atoms with E-state index in [4.69, 9.17) is 46.4 Å². The number of aromatic nitrogens is 1. The number of carbonyl (C=O) groups excluding carboxylic acids is 1. The van der Waals surface area contributed by atoms with Gasteiger partial charge in [-0.3, -0.25) is 4.79 Å². The van der Waals surface area contributed by atoms with E-state index in [0.717, 1.165) is 0 Å². The average molecular weight is 336 g/mol. The molecular weight excluding hydrogens is 330 g/mol. The van der Waals surface area contributed by atoms with E-state index in [-0.39, 0.29) is 15.9 Å². The predicted molar refractivity (Wildman–Crippen MR) is 78.7 cm³/mol. The lowest BCUT2D eigenvalue weighted by atomic mass is 10.3. The van der Waals surface area contributed by atoms with Crippen LogP contribution in [0.5, 0.6) is 0 Å². The van der Waals surface area contributed by atoms with Gasteiger partial charge in [0, 0.05) is 5.02 Å². The first-order valence-electron chi connectivity index (χ1n) is 5.06. The summed E-state index contributed by atoms with van der Waals surface area (Å²) < 4.78 is 0. The average Bonchev–Trinajstić information content (AvgIpc) is 2.35. The fourth-order valence-corrected chi connectivity index (χ4v) is 2.14. The summed E-state index contributed by atoms with van der Waals surface area (Å²) in [6.45, 7) is 0. The molecule has 0 aliphatic heterocycles. The molecule has 1 amide bonds. The number of hydrogen-bond acceptors (Lipinski definition) is 2. The Balaban J connectivity index is 2.28. The van der Waals surface area contributed by atoms with Crippen molar-refractivity contribution in [3.8, 4) is 0 Å². The number of hydrogen-bond donors (Lipinski definition) is 1. The topological polar surface area (TPSA) is 42.0 Å². The summed E-state index contributed by atoms with van der Waals surface area (Å²) >= 11 is 23.3. The maximum absolute atomic E-state index is 12.0. The first-order chi connectivity index (χ1) is 8.97. The molecule has 0 aliphatic carbocycles. The van der Waals surface area contributed by atoms with Crippen LogP contribution in [0.3, 0.4) is 0 Å². The molecule has 7 heteroatoms. The van der Waals surface area contributed by atoms with Gasteiger partial charge >= 0.3 is 0 Å². The normalized spacial score (nSPS) is 10.3. The van der Waals surface area contributed by atoms with Crippen LogP contribution in [0.25, 0.3) is 0 Å². The number of rotatable bonds is 2. The molecule has 1 aromatic carbocycles. The minimum absolute atomic E-state index is 0.0279. The second-order valence-corrected chi connectivity index (χ2v) is 5.18. The van der Waals surface area contributed by atoms with E-state index in [1.165, 1.54) is 18.2 Å². The highest BCUT2D eigenvalue weighted by Gasteiger charge is 2.14. The maximum atomic E-state index is 12.0. The Morgan fingerprint density at radius 2 is 1.74 bits per heavy atom. The van der Waals surface area contributed by atoms with Gasteiger partial charge in [-0.05, 0) is 30.3 Å². The van der Waals surface area contributed by atoms with Gasteiger partial charge in [0.15, 0.2) is 0 Å². The fraction of sp³-hybridized carbons (Fsp3) is 0. The van der Waals surface area contributed by atoms with Crippen molar-refractivity contribution in [2.75, 3.05) is 5.32 Å². The van der Waals surface area contributed by atoms with Crippen molar-refractivity contribution in [2.45, 2.75) is 0 Å². The van der Waals surface area contributed by atoms with E-state index < -0.39 is 5.91 Å². The number of halogens is 4. The molecule has 0 saturated heterocycles. The largest absolute Gasteiger partial charge is 0.319 e. The standard InChI is InChI=1S/C12H6Cl4N2O/c13-6-1-3-9(8(15)5-6)17-12(19)11-7(14)2-4-10(16)18-11/h1-5H,(H,17,19). The molecule has 1 aromatic heterocycles. The van der Waals surface area contributed by atoms with E-state index >= 15 is 0 Å². The zero-order chi connectivity index (χ0) is 14.0. The lowest BCUT2D eigenvalue weighted by molar-refractivity contribution is 0.102. The summed E-state index contributed by atoms with van der Waals surface area (Å²) in [7, 11) is 0. The Morgan fingerprint density at radius 3 is 2.42 bits per heavy atom. The van der Waals surface area contributed by atoms with Gasteiger partial charge in [-0.1, -0.05) is 46.4 Å². The van der Waals surface area contributed by atoms with Gasteiger partial charge in [0.2, 0.25) is 0 Å². The Hall–Kier alpha value is -1.000. The number of benzene rings is 1. The number of nitrogens with one attached hydrogen (secondary N) is 1. The summed E-state index contributed by atoms with van der Waals surface area (Å²) in [5, 5.41) is 3.76. The van der Waals surface area contributed by atoms with E-state index in [2.05, 4.69) is 10.3 Å². The number of carbonyl (C=O) groups is 1. The molecule has 0 unspecified atom stereocenters. The molecule has 0 saturated carbocycles. The third-order valence-corrected chi connectivity index (χ3v) is 3.27. The molecule has 19 heavy (non-hydrogen) atoms.